The summed E-state index contributed by atoms with van der Waals surface area (Å²) in [4.78, 5) is 4.50. The van der Waals surface area contributed by atoms with Crippen LogP contribution in [0.15, 0.2) is 22.8 Å². The monoisotopic (exact) mass is 361 g/mol. The van der Waals surface area contributed by atoms with Crippen LogP contribution in [0.1, 0.15) is 6.42 Å². The number of nitrogens with two attached hydrogens (primary N) is 1. The van der Waals surface area contributed by atoms with E-state index >= 15 is 0 Å². The molecule has 2 aliphatic rings. The van der Waals surface area contributed by atoms with Crippen LogP contribution in [0.3, 0.4) is 0 Å². The lowest BCUT2D eigenvalue weighted by molar-refractivity contribution is 1.25. The van der Waals surface area contributed by atoms with Gasteiger partial charge in [0.05, 0.1) is 9.88 Å². The van der Waals surface area contributed by atoms with Gasteiger partial charge in [-0.05, 0) is 41.9 Å². The lowest BCUT2D eigenvalue weighted by Crippen LogP contribution is -2.21. The van der Waals surface area contributed by atoms with Gasteiger partial charge < -0.3 is 11.1 Å². The first-order chi connectivity index (χ1) is 8.13. The van der Waals surface area contributed by atoms with Crippen LogP contribution in [0.5, 0.6) is 0 Å². The minimum atomic E-state index is 0. The molecule has 0 saturated carbocycles. The normalized spacial score (nSPS) is 15.7. The summed E-state index contributed by atoms with van der Waals surface area (Å²) in [6.45, 7) is 0. The molecule has 1 heterocycles. The van der Waals surface area contributed by atoms with E-state index in [0.29, 0.717) is 0 Å². The summed E-state index contributed by atoms with van der Waals surface area (Å²) in [5.74, 6) is 0. The van der Waals surface area contributed by atoms with Gasteiger partial charge in [-0.25, -0.2) is 4.98 Å². The lowest BCUT2D eigenvalue weighted by Gasteiger charge is -2.07. The van der Waals surface area contributed by atoms with Crippen molar-refractivity contribution in [2.24, 2.45) is 5.73 Å². The third-order valence-electron chi connectivity index (χ3n) is 2.60. The molecule has 2 aliphatic carbocycles. The molecule has 7 heteroatoms. The van der Waals surface area contributed by atoms with Crippen molar-refractivity contribution >= 4 is 74.0 Å². The van der Waals surface area contributed by atoms with Crippen LogP contribution in [0.4, 0.5) is 5.13 Å². The van der Waals surface area contributed by atoms with E-state index in [2.05, 4.69) is 16.4 Å². The number of hydrogen-bond donors (Lipinski definition) is 2. The second kappa shape index (κ2) is 5.13. The molecule has 0 atom stereocenters. The summed E-state index contributed by atoms with van der Waals surface area (Å²) in [7, 11) is 0. The number of allylic oxidation sites excluding steroid dienone is 4. The number of fused-ring (bicyclic) bond motifs is 2. The van der Waals surface area contributed by atoms with Gasteiger partial charge >= 0.3 is 0 Å². The molecular formula is C11H9BrClN3S2. The predicted octanol–water partition coefficient (Wildman–Crippen LogP) is 1.77. The highest BCUT2D eigenvalue weighted by Gasteiger charge is 2.17. The maximum atomic E-state index is 5.98. The highest BCUT2D eigenvalue weighted by molar-refractivity contribution is 8.93. The first kappa shape index (κ1) is 13.7. The van der Waals surface area contributed by atoms with Crippen molar-refractivity contribution in [2.45, 2.75) is 6.42 Å². The van der Waals surface area contributed by atoms with Gasteiger partial charge in [0.15, 0.2) is 10.2 Å². The van der Waals surface area contributed by atoms with Gasteiger partial charge in [0.25, 0.3) is 0 Å². The molecule has 94 valence electrons. The Morgan fingerprint density at radius 1 is 1.50 bits per heavy atom. The Labute approximate surface area is 129 Å². The Morgan fingerprint density at radius 3 is 3.00 bits per heavy atom. The summed E-state index contributed by atoms with van der Waals surface area (Å²) >= 11 is 12.3. The topological polar surface area (TPSA) is 50.9 Å². The zero-order chi connectivity index (χ0) is 12.0. The Balaban J connectivity index is 0.00000120. The quantitative estimate of drug-likeness (QED) is 0.748. The second-order valence-electron chi connectivity index (χ2n) is 3.74. The van der Waals surface area contributed by atoms with Crippen molar-refractivity contribution in [3.05, 3.63) is 32.6 Å². The molecule has 0 fully saturated rings. The molecule has 0 amide bonds. The first-order valence-corrected chi connectivity index (χ1v) is 6.60. The highest BCUT2D eigenvalue weighted by atomic mass is 79.9. The van der Waals surface area contributed by atoms with E-state index in [-0.39, 0.29) is 22.1 Å². The standard InChI is InChI=1S/C11H8ClN3S2.BrH/c12-6-1-2-7-5(3-6)4-8-9(7)14-11(17-8)15-10(13)16;/h1,3-4H,2H2,(H3,13,14,15,16);1H. The van der Waals surface area contributed by atoms with Crippen molar-refractivity contribution in [3.63, 3.8) is 0 Å². The van der Waals surface area contributed by atoms with Crippen LogP contribution >= 0.6 is 52.1 Å². The van der Waals surface area contributed by atoms with Crippen molar-refractivity contribution < 1.29 is 0 Å². The molecule has 1 aromatic heterocycles. The van der Waals surface area contributed by atoms with Crippen LogP contribution in [0.25, 0.3) is 11.6 Å². The highest BCUT2D eigenvalue weighted by Crippen LogP contribution is 2.28. The molecule has 1 aromatic rings. The van der Waals surface area contributed by atoms with E-state index in [0.717, 1.165) is 32.0 Å². The van der Waals surface area contributed by atoms with E-state index in [9.17, 15) is 0 Å². The number of anilines is 1. The lowest BCUT2D eigenvalue weighted by atomic mass is 10.0. The molecule has 0 aliphatic heterocycles. The van der Waals surface area contributed by atoms with Gasteiger partial charge in [0.1, 0.15) is 0 Å². The fourth-order valence-electron chi connectivity index (χ4n) is 1.92. The molecule has 0 spiro atoms. The van der Waals surface area contributed by atoms with E-state index in [1.54, 1.807) is 11.3 Å². The van der Waals surface area contributed by atoms with Crippen molar-refractivity contribution in [1.29, 1.82) is 0 Å². The van der Waals surface area contributed by atoms with Crippen LogP contribution in [0, 0.1) is 0 Å². The molecule has 0 radical (unpaired) electrons. The van der Waals surface area contributed by atoms with Crippen LogP contribution < -0.4 is 20.9 Å². The Morgan fingerprint density at radius 2 is 2.28 bits per heavy atom. The van der Waals surface area contributed by atoms with Gasteiger partial charge in [-0.3, -0.25) is 0 Å². The number of rotatable bonds is 1. The molecule has 3 N–H and O–H groups in total. The molecule has 0 unspecified atom stereocenters. The Kier molecular flexibility index (Phi) is 3.91. The minimum absolute atomic E-state index is 0. The van der Waals surface area contributed by atoms with Crippen LogP contribution in [-0.2, 0) is 0 Å². The number of hydrogen-bond acceptors (Lipinski definition) is 3. The smallest absolute Gasteiger partial charge is 0.190 e. The maximum Gasteiger partial charge on any atom is 0.190 e. The molecule has 18 heavy (non-hydrogen) atoms. The molecular weight excluding hydrogens is 354 g/mol. The van der Waals surface area contributed by atoms with Crippen LogP contribution in [0.2, 0.25) is 0 Å². The zero-order valence-corrected chi connectivity index (χ0v) is 13.2. The largest absolute Gasteiger partial charge is 0.376 e. The average Bonchev–Trinajstić information content (AvgIpc) is 2.72. The summed E-state index contributed by atoms with van der Waals surface area (Å²) < 4.78 is 1.13. The number of halogens is 2. The van der Waals surface area contributed by atoms with Crippen molar-refractivity contribution in [1.82, 2.24) is 4.98 Å². The number of nitrogens with one attached hydrogen (secondary N) is 1. The van der Waals surface area contributed by atoms with E-state index in [4.69, 9.17) is 29.6 Å². The zero-order valence-electron chi connectivity index (χ0n) is 9.07. The van der Waals surface area contributed by atoms with Gasteiger partial charge in [-0.15, -0.1) is 17.0 Å². The number of thiocarbonyl (C=S) groups is 1. The maximum absolute atomic E-state index is 5.98. The predicted molar refractivity (Wildman–Crippen MR) is 86.6 cm³/mol. The molecule has 0 aromatic carbocycles. The van der Waals surface area contributed by atoms with E-state index in [1.165, 1.54) is 5.57 Å². The van der Waals surface area contributed by atoms with Crippen LogP contribution in [-0.4, -0.2) is 10.1 Å². The van der Waals surface area contributed by atoms with Crippen molar-refractivity contribution in [3.8, 4) is 0 Å². The third-order valence-corrected chi connectivity index (χ3v) is 3.88. The Hall–Kier alpha value is -0.690. The van der Waals surface area contributed by atoms with E-state index < -0.39 is 0 Å². The first-order valence-electron chi connectivity index (χ1n) is 4.99. The van der Waals surface area contributed by atoms with Gasteiger partial charge in [0.2, 0.25) is 0 Å². The third kappa shape index (κ3) is 2.38. The SMILES string of the molecule is Br.NC(=S)Nc1nc2c(s1)=CC1=CC(Cl)=CCC=21. The summed E-state index contributed by atoms with van der Waals surface area (Å²) in [6, 6.07) is 0. The van der Waals surface area contributed by atoms with Crippen molar-refractivity contribution in [2.75, 3.05) is 5.32 Å². The van der Waals surface area contributed by atoms with Gasteiger partial charge in [0, 0.05) is 5.03 Å². The fourth-order valence-corrected chi connectivity index (χ4v) is 3.23. The van der Waals surface area contributed by atoms with Gasteiger partial charge in [-0.2, -0.15) is 0 Å². The second-order valence-corrected chi connectivity index (χ2v) is 5.64. The number of thiazole rings is 1. The average molecular weight is 363 g/mol. The fraction of sp³-hybridized carbons (Fsp3) is 0.0909. The van der Waals surface area contributed by atoms with Gasteiger partial charge in [-0.1, -0.05) is 29.0 Å². The molecule has 0 saturated heterocycles. The summed E-state index contributed by atoms with van der Waals surface area (Å²) in [5, 5.41) is 5.65. The molecule has 0 bridgehead atoms. The summed E-state index contributed by atoms with van der Waals surface area (Å²) in [6.07, 6.45) is 6.88. The number of nitrogens with zero attached hydrogens (tertiary/aromatic N) is 1. The molecule has 3 rings (SSSR count). The minimum Gasteiger partial charge on any atom is -0.376 e. The summed E-state index contributed by atoms with van der Waals surface area (Å²) in [5.41, 5.74) is 7.80. The number of aromatic nitrogens is 1. The van der Waals surface area contributed by atoms with E-state index in [1.807, 2.05) is 12.2 Å². The molecule has 3 nitrogen and oxygen atoms in total. The Bertz CT molecular complexity index is 702.